The molecule has 6 nitrogen and oxygen atoms in total. The Morgan fingerprint density at radius 2 is 2.00 bits per heavy atom. The zero-order valence-electron chi connectivity index (χ0n) is 12.5. The Morgan fingerprint density at radius 3 is 2.62 bits per heavy atom. The van der Waals surface area contributed by atoms with Gasteiger partial charge in [-0.1, -0.05) is 12.1 Å². The lowest BCUT2D eigenvalue weighted by Crippen LogP contribution is -2.30. The van der Waals surface area contributed by atoms with E-state index in [9.17, 15) is 4.79 Å². The van der Waals surface area contributed by atoms with Gasteiger partial charge in [0.2, 0.25) is 0 Å². The van der Waals surface area contributed by atoms with E-state index in [1.807, 2.05) is 38.1 Å². The van der Waals surface area contributed by atoms with E-state index in [-0.39, 0.29) is 5.91 Å². The first-order valence-electron chi connectivity index (χ1n) is 6.90. The molecule has 1 amide bonds. The second-order valence-corrected chi connectivity index (χ2v) is 4.52. The van der Waals surface area contributed by atoms with E-state index in [0.29, 0.717) is 36.0 Å². The van der Waals surface area contributed by atoms with Crippen molar-refractivity contribution in [3.8, 4) is 11.4 Å². The Labute approximate surface area is 124 Å². The molecule has 2 N–H and O–H groups in total. The van der Waals surface area contributed by atoms with Crippen molar-refractivity contribution in [2.45, 2.75) is 13.8 Å². The molecule has 0 saturated carbocycles. The van der Waals surface area contributed by atoms with Gasteiger partial charge in [0.25, 0.3) is 5.91 Å². The Balaban J connectivity index is 2.42. The zero-order valence-corrected chi connectivity index (χ0v) is 12.5. The molecule has 0 aliphatic heterocycles. The normalized spacial score (nSPS) is 10.4. The van der Waals surface area contributed by atoms with Gasteiger partial charge in [-0.2, -0.15) is 5.10 Å². The molecule has 0 aliphatic rings. The lowest BCUT2D eigenvalue weighted by molar-refractivity contribution is 0.0766. The van der Waals surface area contributed by atoms with Crippen molar-refractivity contribution in [3.63, 3.8) is 0 Å². The van der Waals surface area contributed by atoms with Crippen molar-refractivity contribution < 1.29 is 9.53 Å². The number of carbonyl (C=O) groups excluding carboxylic acids is 1. The van der Waals surface area contributed by atoms with Crippen molar-refractivity contribution in [1.29, 1.82) is 0 Å². The van der Waals surface area contributed by atoms with Gasteiger partial charge in [0.15, 0.2) is 5.69 Å². The van der Waals surface area contributed by atoms with Crippen LogP contribution < -0.4 is 10.5 Å². The highest BCUT2D eigenvalue weighted by Crippen LogP contribution is 2.24. The van der Waals surface area contributed by atoms with Crippen LogP contribution in [0.1, 0.15) is 24.3 Å². The van der Waals surface area contributed by atoms with Gasteiger partial charge in [0, 0.05) is 19.2 Å². The van der Waals surface area contributed by atoms with Gasteiger partial charge in [-0.15, -0.1) is 0 Å². The molecule has 0 fully saturated rings. The summed E-state index contributed by atoms with van der Waals surface area (Å²) in [5.41, 5.74) is 7.03. The van der Waals surface area contributed by atoms with E-state index in [4.69, 9.17) is 10.5 Å². The van der Waals surface area contributed by atoms with Gasteiger partial charge >= 0.3 is 0 Å². The Bertz CT molecular complexity index is 632. The summed E-state index contributed by atoms with van der Waals surface area (Å²) in [7, 11) is 1.58. The molecule has 21 heavy (non-hydrogen) atoms. The molecular formula is C15H20N4O2. The van der Waals surface area contributed by atoms with Crippen LogP contribution in [0.3, 0.4) is 0 Å². The van der Waals surface area contributed by atoms with Crippen LogP contribution in [0, 0.1) is 0 Å². The fraction of sp³-hybridized carbons (Fsp3) is 0.333. The molecule has 0 atom stereocenters. The molecule has 0 radical (unpaired) electrons. The SMILES string of the molecule is CCN(CC)C(=O)c1cc(N)n(-c2ccccc2OC)n1. The van der Waals surface area contributed by atoms with Crippen LogP contribution in [-0.4, -0.2) is 40.8 Å². The number of nitrogens with zero attached hydrogens (tertiary/aromatic N) is 3. The molecule has 1 aromatic heterocycles. The van der Waals surface area contributed by atoms with Crippen molar-refractivity contribution in [3.05, 3.63) is 36.0 Å². The minimum Gasteiger partial charge on any atom is -0.494 e. The number of nitrogen functional groups attached to an aromatic ring is 1. The van der Waals surface area contributed by atoms with Crippen molar-refractivity contribution in [2.24, 2.45) is 0 Å². The van der Waals surface area contributed by atoms with Crippen LogP contribution in [0.4, 0.5) is 5.82 Å². The Kier molecular flexibility index (Phi) is 4.47. The van der Waals surface area contributed by atoms with E-state index < -0.39 is 0 Å². The average Bonchev–Trinajstić information content (AvgIpc) is 2.90. The van der Waals surface area contributed by atoms with Crippen LogP contribution in [0.15, 0.2) is 30.3 Å². The van der Waals surface area contributed by atoms with Crippen LogP contribution in [-0.2, 0) is 0 Å². The summed E-state index contributed by atoms with van der Waals surface area (Å²) < 4.78 is 6.83. The third kappa shape index (κ3) is 2.84. The summed E-state index contributed by atoms with van der Waals surface area (Å²) in [6.07, 6.45) is 0. The van der Waals surface area contributed by atoms with E-state index in [2.05, 4.69) is 5.10 Å². The third-order valence-electron chi connectivity index (χ3n) is 3.32. The molecule has 0 spiro atoms. The van der Waals surface area contributed by atoms with E-state index in [1.165, 1.54) is 4.68 Å². The maximum atomic E-state index is 12.3. The highest BCUT2D eigenvalue weighted by atomic mass is 16.5. The van der Waals surface area contributed by atoms with Crippen LogP contribution in [0.5, 0.6) is 5.75 Å². The molecule has 112 valence electrons. The van der Waals surface area contributed by atoms with Crippen LogP contribution >= 0.6 is 0 Å². The first kappa shape index (κ1) is 14.9. The van der Waals surface area contributed by atoms with Crippen molar-refractivity contribution >= 4 is 11.7 Å². The minimum atomic E-state index is -0.125. The van der Waals surface area contributed by atoms with Gasteiger partial charge in [0.1, 0.15) is 17.3 Å². The molecule has 2 aromatic rings. The molecule has 2 rings (SSSR count). The number of anilines is 1. The lowest BCUT2D eigenvalue weighted by Gasteiger charge is -2.16. The second kappa shape index (κ2) is 6.30. The Morgan fingerprint density at radius 1 is 1.33 bits per heavy atom. The monoisotopic (exact) mass is 288 g/mol. The van der Waals surface area contributed by atoms with Crippen molar-refractivity contribution in [1.82, 2.24) is 14.7 Å². The molecule has 0 bridgehead atoms. The second-order valence-electron chi connectivity index (χ2n) is 4.52. The van der Waals surface area contributed by atoms with Gasteiger partial charge in [0.05, 0.1) is 7.11 Å². The van der Waals surface area contributed by atoms with E-state index in [1.54, 1.807) is 18.1 Å². The standard InChI is InChI=1S/C15H20N4O2/c1-4-18(5-2)15(20)11-10-14(16)19(17-11)12-8-6-7-9-13(12)21-3/h6-10H,4-5,16H2,1-3H3. The first-order chi connectivity index (χ1) is 10.1. The molecule has 0 saturated heterocycles. The number of benzene rings is 1. The summed E-state index contributed by atoms with van der Waals surface area (Å²) in [6, 6.07) is 8.98. The van der Waals surface area contributed by atoms with Gasteiger partial charge < -0.3 is 15.4 Å². The fourth-order valence-corrected chi connectivity index (χ4v) is 2.17. The van der Waals surface area contributed by atoms with E-state index >= 15 is 0 Å². The summed E-state index contributed by atoms with van der Waals surface area (Å²) in [5, 5.41) is 4.33. The molecule has 6 heteroatoms. The predicted octanol–water partition coefficient (Wildman–Crippen LogP) is 1.95. The van der Waals surface area contributed by atoms with Gasteiger partial charge in [-0.05, 0) is 26.0 Å². The number of hydrogen-bond acceptors (Lipinski definition) is 4. The highest BCUT2D eigenvalue weighted by molar-refractivity contribution is 5.93. The number of hydrogen-bond donors (Lipinski definition) is 1. The summed E-state index contributed by atoms with van der Waals surface area (Å²) in [4.78, 5) is 14.0. The predicted molar refractivity (Wildman–Crippen MR) is 81.8 cm³/mol. The average molecular weight is 288 g/mol. The Hall–Kier alpha value is -2.50. The number of nitrogens with two attached hydrogens (primary N) is 1. The first-order valence-corrected chi connectivity index (χ1v) is 6.90. The number of methoxy groups -OCH3 is 1. The maximum Gasteiger partial charge on any atom is 0.274 e. The summed E-state index contributed by atoms with van der Waals surface area (Å²) in [5.74, 6) is 0.921. The molecule has 1 aromatic carbocycles. The zero-order chi connectivity index (χ0) is 15.4. The number of amides is 1. The highest BCUT2D eigenvalue weighted by Gasteiger charge is 2.19. The largest absolute Gasteiger partial charge is 0.494 e. The number of para-hydroxylation sites is 2. The summed E-state index contributed by atoms with van der Waals surface area (Å²) >= 11 is 0. The number of ether oxygens (including phenoxy) is 1. The quantitative estimate of drug-likeness (QED) is 0.912. The molecule has 0 unspecified atom stereocenters. The van der Waals surface area contributed by atoms with Crippen LogP contribution in [0.2, 0.25) is 0 Å². The fourth-order valence-electron chi connectivity index (χ4n) is 2.17. The topological polar surface area (TPSA) is 73.4 Å². The maximum absolute atomic E-state index is 12.3. The van der Waals surface area contributed by atoms with Crippen molar-refractivity contribution in [2.75, 3.05) is 25.9 Å². The van der Waals surface area contributed by atoms with Gasteiger partial charge in [-0.3, -0.25) is 4.79 Å². The number of aromatic nitrogens is 2. The molecular weight excluding hydrogens is 268 g/mol. The van der Waals surface area contributed by atoms with Gasteiger partial charge in [-0.25, -0.2) is 4.68 Å². The number of rotatable bonds is 5. The molecule has 1 heterocycles. The summed E-state index contributed by atoms with van der Waals surface area (Å²) in [6.45, 7) is 5.14. The lowest BCUT2D eigenvalue weighted by atomic mass is 10.3. The third-order valence-corrected chi connectivity index (χ3v) is 3.32. The molecule has 0 aliphatic carbocycles. The van der Waals surface area contributed by atoms with Crippen LogP contribution in [0.25, 0.3) is 5.69 Å². The number of carbonyl (C=O) groups is 1. The minimum absolute atomic E-state index is 0.125. The smallest absolute Gasteiger partial charge is 0.274 e. The van der Waals surface area contributed by atoms with E-state index in [0.717, 1.165) is 0 Å².